The summed E-state index contributed by atoms with van der Waals surface area (Å²) in [6, 6.07) is 13.4. The molecular formula is C20H18N2O6. The summed E-state index contributed by atoms with van der Waals surface area (Å²) in [5.41, 5.74) is 2.17. The van der Waals surface area contributed by atoms with E-state index in [-0.39, 0.29) is 19.6 Å². The van der Waals surface area contributed by atoms with Gasteiger partial charge in [-0.1, -0.05) is 35.5 Å². The summed E-state index contributed by atoms with van der Waals surface area (Å²) in [6.45, 7) is 0.171. The van der Waals surface area contributed by atoms with Crippen LogP contribution in [-0.2, 0) is 20.8 Å². The Morgan fingerprint density at radius 2 is 1.93 bits per heavy atom. The van der Waals surface area contributed by atoms with Crippen LogP contribution < -0.4 is 14.8 Å². The molecule has 0 spiro atoms. The van der Waals surface area contributed by atoms with Gasteiger partial charge in [0.25, 0.3) is 5.91 Å². The van der Waals surface area contributed by atoms with Crippen molar-refractivity contribution in [3.05, 3.63) is 59.7 Å². The molecule has 4 rings (SSSR count). The number of benzene rings is 2. The summed E-state index contributed by atoms with van der Waals surface area (Å²) >= 11 is 0. The molecule has 2 N–H and O–H groups in total. The van der Waals surface area contributed by atoms with Gasteiger partial charge in [-0.25, -0.2) is 4.79 Å². The highest BCUT2D eigenvalue weighted by molar-refractivity contribution is 6.04. The fraction of sp³-hybridized carbons (Fsp3) is 0.250. The first-order chi connectivity index (χ1) is 13.6. The molecule has 1 amide bonds. The Bertz CT molecular complexity index is 928. The maximum Gasteiger partial charge on any atom is 0.326 e. The predicted octanol–water partition coefficient (Wildman–Crippen LogP) is 1.72. The van der Waals surface area contributed by atoms with E-state index < -0.39 is 24.0 Å². The first-order valence-electron chi connectivity index (χ1n) is 8.80. The molecule has 0 aliphatic carbocycles. The average molecular weight is 382 g/mol. The minimum absolute atomic E-state index is 0.171. The number of amides is 1. The highest BCUT2D eigenvalue weighted by atomic mass is 16.7. The topological polar surface area (TPSA) is 106 Å². The van der Waals surface area contributed by atoms with Gasteiger partial charge in [0.2, 0.25) is 12.9 Å². The van der Waals surface area contributed by atoms with E-state index in [1.54, 1.807) is 12.1 Å². The summed E-state index contributed by atoms with van der Waals surface area (Å²) in [4.78, 5) is 29.3. The van der Waals surface area contributed by atoms with Gasteiger partial charge in [-0.2, -0.15) is 0 Å². The van der Waals surface area contributed by atoms with Gasteiger partial charge in [0.05, 0.1) is 5.71 Å². The van der Waals surface area contributed by atoms with Crippen molar-refractivity contribution in [2.45, 2.75) is 25.0 Å². The van der Waals surface area contributed by atoms with Crippen LogP contribution >= 0.6 is 0 Å². The number of carboxylic acids is 1. The predicted molar refractivity (Wildman–Crippen MR) is 98.3 cm³/mol. The van der Waals surface area contributed by atoms with E-state index in [0.717, 1.165) is 11.1 Å². The molecule has 2 atom stereocenters. The van der Waals surface area contributed by atoms with Crippen LogP contribution in [0, 0.1) is 0 Å². The maximum absolute atomic E-state index is 12.5. The minimum Gasteiger partial charge on any atom is -0.480 e. The van der Waals surface area contributed by atoms with Crippen molar-refractivity contribution in [2.24, 2.45) is 5.16 Å². The summed E-state index contributed by atoms with van der Waals surface area (Å²) in [7, 11) is 0. The molecule has 0 aromatic heterocycles. The minimum atomic E-state index is -1.10. The second-order valence-electron chi connectivity index (χ2n) is 6.49. The summed E-state index contributed by atoms with van der Waals surface area (Å²) in [5, 5.41) is 16.0. The van der Waals surface area contributed by atoms with Crippen molar-refractivity contribution in [1.29, 1.82) is 0 Å². The Kier molecular flexibility index (Phi) is 4.84. The number of carbonyl (C=O) groups excluding carboxylic acids is 1. The van der Waals surface area contributed by atoms with E-state index in [4.69, 9.17) is 14.3 Å². The molecular weight excluding hydrogens is 364 g/mol. The van der Waals surface area contributed by atoms with E-state index in [1.165, 1.54) is 0 Å². The zero-order chi connectivity index (χ0) is 19.5. The third-order valence-corrected chi connectivity index (χ3v) is 4.56. The molecule has 0 unspecified atom stereocenters. The highest BCUT2D eigenvalue weighted by Gasteiger charge is 2.32. The van der Waals surface area contributed by atoms with Gasteiger partial charge in [0, 0.05) is 18.4 Å². The maximum atomic E-state index is 12.5. The first-order valence-corrected chi connectivity index (χ1v) is 8.80. The molecule has 2 aliphatic heterocycles. The van der Waals surface area contributed by atoms with E-state index in [1.807, 2.05) is 36.4 Å². The van der Waals surface area contributed by atoms with E-state index in [9.17, 15) is 14.7 Å². The number of carbonyl (C=O) groups is 2. The van der Waals surface area contributed by atoms with Crippen molar-refractivity contribution in [3.8, 4) is 11.5 Å². The number of nitrogens with one attached hydrogen (secondary N) is 1. The number of hydrogen-bond acceptors (Lipinski definition) is 6. The molecule has 0 radical (unpaired) electrons. The molecule has 2 aliphatic rings. The standard InChI is InChI=1S/C20H18N2O6/c23-19(21-15(20(24)25)8-12-4-2-1-3-5-12)18-10-14(22-28-18)13-6-7-16-17(9-13)27-11-26-16/h1-7,9,15,18H,8,10-11H2,(H,21,23)(H,24,25)/t15-,18-/m0/s1. The van der Waals surface area contributed by atoms with Gasteiger partial charge in [-0.05, 0) is 23.8 Å². The first kappa shape index (κ1) is 17.8. The average Bonchev–Trinajstić information content (AvgIpc) is 3.37. The van der Waals surface area contributed by atoms with Gasteiger partial charge < -0.3 is 24.7 Å². The Morgan fingerprint density at radius 1 is 1.14 bits per heavy atom. The zero-order valence-corrected chi connectivity index (χ0v) is 14.8. The van der Waals surface area contributed by atoms with Gasteiger partial charge in [-0.15, -0.1) is 0 Å². The van der Waals surface area contributed by atoms with Crippen LogP contribution in [0.1, 0.15) is 17.5 Å². The number of aliphatic carboxylic acids is 1. The van der Waals surface area contributed by atoms with Crippen LogP contribution in [0.25, 0.3) is 0 Å². The molecule has 0 bridgehead atoms. The van der Waals surface area contributed by atoms with Crippen molar-refractivity contribution in [1.82, 2.24) is 5.32 Å². The normalized spacial score (nSPS) is 18.1. The highest BCUT2D eigenvalue weighted by Crippen LogP contribution is 2.33. The van der Waals surface area contributed by atoms with E-state index in [0.29, 0.717) is 17.2 Å². The van der Waals surface area contributed by atoms with Crippen LogP contribution in [-0.4, -0.2) is 41.6 Å². The third kappa shape index (κ3) is 3.75. The summed E-state index contributed by atoms with van der Waals surface area (Å²) in [6.07, 6.45) is -0.453. The fourth-order valence-corrected chi connectivity index (χ4v) is 3.08. The molecule has 8 heteroatoms. The number of ether oxygens (including phenoxy) is 2. The third-order valence-electron chi connectivity index (χ3n) is 4.56. The lowest BCUT2D eigenvalue weighted by Gasteiger charge is -2.16. The molecule has 2 aromatic carbocycles. The molecule has 8 nitrogen and oxygen atoms in total. The SMILES string of the molecule is O=C(O)[C@H](Cc1ccccc1)NC(=O)[C@@H]1CC(c2ccc3c(c2)OCO3)=NO1. The van der Waals surface area contributed by atoms with Crippen LogP contribution in [0.15, 0.2) is 53.7 Å². The van der Waals surface area contributed by atoms with Gasteiger partial charge >= 0.3 is 5.97 Å². The van der Waals surface area contributed by atoms with Crippen molar-refractivity contribution in [2.75, 3.05) is 6.79 Å². The monoisotopic (exact) mass is 382 g/mol. The molecule has 0 saturated carbocycles. The fourth-order valence-electron chi connectivity index (χ4n) is 3.08. The Labute approximate surface area is 160 Å². The van der Waals surface area contributed by atoms with Gasteiger partial charge in [0.15, 0.2) is 11.5 Å². The Morgan fingerprint density at radius 3 is 2.71 bits per heavy atom. The molecule has 2 aromatic rings. The Hall–Kier alpha value is -3.55. The van der Waals surface area contributed by atoms with Crippen LogP contribution in [0.2, 0.25) is 0 Å². The van der Waals surface area contributed by atoms with Crippen molar-refractivity contribution in [3.63, 3.8) is 0 Å². The quantitative estimate of drug-likeness (QED) is 0.788. The smallest absolute Gasteiger partial charge is 0.326 e. The van der Waals surface area contributed by atoms with Gasteiger partial charge in [-0.3, -0.25) is 4.79 Å². The Balaban J connectivity index is 1.38. The largest absolute Gasteiger partial charge is 0.480 e. The second-order valence-corrected chi connectivity index (χ2v) is 6.49. The van der Waals surface area contributed by atoms with Crippen LogP contribution in [0.5, 0.6) is 11.5 Å². The van der Waals surface area contributed by atoms with Crippen molar-refractivity contribution >= 4 is 17.6 Å². The molecule has 0 fully saturated rings. The molecule has 2 heterocycles. The van der Waals surface area contributed by atoms with E-state index in [2.05, 4.69) is 10.5 Å². The lowest BCUT2D eigenvalue weighted by molar-refractivity contribution is -0.143. The number of carboxylic acid groups (broad SMARTS) is 1. The molecule has 0 saturated heterocycles. The lowest BCUT2D eigenvalue weighted by Crippen LogP contribution is -2.46. The number of rotatable bonds is 6. The summed E-state index contributed by atoms with van der Waals surface area (Å²) in [5.74, 6) is -0.348. The number of fused-ring (bicyclic) bond motifs is 1. The lowest BCUT2D eigenvalue weighted by atomic mass is 10.0. The van der Waals surface area contributed by atoms with E-state index >= 15 is 0 Å². The number of hydrogen-bond donors (Lipinski definition) is 2. The molecule has 144 valence electrons. The zero-order valence-electron chi connectivity index (χ0n) is 14.8. The molecule has 28 heavy (non-hydrogen) atoms. The van der Waals surface area contributed by atoms with Gasteiger partial charge in [0.1, 0.15) is 6.04 Å². The summed E-state index contributed by atoms with van der Waals surface area (Å²) < 4.78 is 10.6. The number of oxime groups is 1. The second kappa shape index (κ2) is 7.59. The van der Waals surface area contributed by atoms with Crippen LogP contribution in [0.3, 0.4) is 0 Å². The number of nitrogens with zero attached hydrogens (tertiary/aromatic N) is 1. The van der Waals surface area contributed by atoms with Crippen LogP contribution in [0.4, 0.5) is 0 Å². The van der Waals surface area contributed by atoms with Crippen molar-refractivity contribution < 1.29 is 29.0 Å².